The molecule has 1 aliphatic heterocycles. The second kappa shape index (κ2) is 10.7. The predicted octanol–water partition coefficient (Wildman–Crippen LogP) is 6.77. The van der Waals surface area contributed by atoms with E-state index in [1.165, 1.54) is 0 Å². The molecule has 1 unspecified atom stereocenters. The molecule has 3 aromatic carbocycles. The lowest BCUT2D eigenvalue weighted by atomic mass is 9.98. The Hall–Kier alpha value is -3.77. The van der Waals surface area contributed by atoms with E-state index in [9.17, 15) is 9.59 Å². The van der Waals surface area contributed by atoms with Crippen LogP contribution < -0.4 is 14.9 Å². The molecule has 7 heteroatoms. The zero-order valence-corrected chi connectivity index (χ0v) is 21.6. The number of unbranched alkanes of at least 4 members (excludes halogenated alkanes) is 2. The number of ether oxygens (including phenoxy) is 2. The average molecular weight is 518 g/mol. The van der Waals surface area contributed by atoms with Crippen molar-refractivity contribution in [3.63, 3.8) is 0 Å². The Morgan fingerprint density at radius 2 is 1.78 bits per heavy atom. The van der Waals surface area contributed by atoms with Gasteiger partial charge in [-0.05, 0) is 60.0 Å². The molecule has 4 aromatic rings. The number of halogens is 1. The normalized spacial score (nSPS) is 14.7. The van der Waals surface area contributed by atoms with Gasteiger partial charge in [-0.2, -0.15) is 0 Å². The van der Waals surface area contributed by atoms with Crippen LogP contribution in [0.1, 0.15) is 59.5 Å². The molecular weight excluding hydrogens is 490 g/mol. The van der Waals surface area contributed by atoms with Gasteiger partial charge in [0.15, 0.2) is 5.43 Å². The largest absolute Gasteiger partial charge is 0.497 e. The quantitative estimate of drug-likeness (QED) is 0.229. The van der Waals surface area contributed by atoms with Gasteiger partial charge in [0.1, 0.15) is 17.1 Å². The first-order chi connectivity index (χ1) is 18.0. The lowest BCUT2D eigenvalue weighted by molar-refractivity contribution is 0.0714. The lowest BCUT2D eigenvalue weighted by Gasteiger charge is -2.25. The smallest absolute Gasteiger partial charge is 0.291 e. The van der Waals surface area contributed by atoms with Crippen molar-refractivity contribution in [2.24, 2.45) is 0 Å². The fourth-order valence-electron chi connectivity index (χ4n) is 4.75. The molecule has 1 aliphatic rings. The van der Waals surface area contributed by atoms with Gasteiger partial charge in [-0.15, -0.1) is 0 Å². The van der Waals surface area contributed by atoms with Gasteiger partial charge in [0.05, 0.1) is 30.7 Å². The lowest BCUT2D eigenvalue weighted by Crippen LogP contribution is -2.29. The number of carbonyl (C=O) groups excluding carboxylic acids is 1. The third-order valence-corrected chi connectivity index (χ3v) is 6.87. The van der Waals surface area contributed by atoms with E-state index in [-0.39, 0.29) is 23.6 Å². The number of carbonyl (C=O) groups is 1. The molecule has 1 amide bonds. The molecule has 0 fully saturated rings. The molecule has 37 heavy (non-hydrogen) atoms. The molecule has 0 bridgehead atoms. The van der Waals surface area contributed by atoms with E-state index < -0.39 is 6.04 Å². The third-order valence-electron chi connectivity index (χ3n) is 6.63. The van der Waals surface area contributed by atoms with Crippen LogP contribution >= 0.6 is 11.6 Å². The van der Waals surface area contributed by atoms with Crippen LogP contribution in [0.3, 0.4) is 0 Å². The van der Waals surface area contributed by atoms with Crippen molar-refractivity contribution in [2.75, 3.05) is 13.7 Å². The van der Waals surface area contributed by atoms with Crippen LogP contribution in [0.2, 0.25) is 5.02 Å². The van der Waals surface area contributed by atoms with E-state index >= 15 is 0 Å². The monoisotopic (exact) mass is 517 g/mol. The predicted molar refractivity (Wildman–Crippen MR) is 144 cm³/mol. The number of nitrogens with zero attached hydrogens (tertiary/aromatic N) is 1. The van der Waals surface area contributed by atoms with Crippen LogP contribution in [0.25, 0.3) is 11.0 Å². The molecule has 0 aliphatic carbocycles. The van der Waals surface area contributed by atoms with Gasteiger partial charge in [-0.1, -0.05) is 55.6 Å². The molecule has 6 nitrogen and oxygen atoms in total. The topological polar surface area (TPSA) is 69.0 Å². The summed E-state index contributed by atoms with van der Waals surface area (Å²) in [6.45, 7) is 3.04. The molecule has 0 radical (unpaired) electrons. The number of hydrogen-bond donors (Lipinski definition) is 0. The standard InChI is InChI=1S/C30H28ClNO5/c1-3-4-5-15-36-23-8-6-7-20(16-23)27-26-28(33)24-17-21(31)11-14-25(24)37-29(26)30(34)32(27)18-19-9-12-22(35-2)13-10-19/h6-14,16-17,27H,3-5,15,18H2,1-2H3. The minimum atomic E-state index is -0.636. The van der Waals surface area contributed by atoms with E-state index in [1.807, 2.05) is 48.5 Å². The summed E-state index contributed by atoms with van der Waals surface area (Å²) in [6.07, 6.45) is 3.17. The second-order valence-corrected chi connectivity index (χ2v) is 9.56. The van der Waals surface area contributed by atoms with Gasteiger partial charge in [0, 0.05) is 11.6 Å². The Balaban J connectivity index is 1.60. The van der Waals surface area contributed by atoms with Crippen LogP contribution in [0.15, 0.2) is 75.9 Å². The maximum Gasteiger partial charge on any atom is 0.291 e. The molecule has 190 valence electrons. The summed E-state index contributed by atoms with van der Waals surface area (Å²) in [4.78, 5) is 29.2. The van der Waals surface area contributed by atoms with Crippen molar-refractivity contribution in [3.8, 4) is 11.5 Å². The van der Waals surface area contributed by atoms with Gasteiger partial charge in [0.25, 0.3) is 5.91 Å². The molecule has 0 spiro atoms. The highest BCUT2D eigenvalue weighted by molar-refractivity contribution is 6.31. The van der Waals surface area contributed by atoms with Crippen LogP contribution in [0, 0.1) is 0 Å². The van der Waals surface area contributed by atoms with E-state index in [4.69, 9.17) is 25.5 Å². The minimum absolute atomic E-state index is 0.0626. The Bertz CT molecular complexity index is 1490. The average Bonchev–Trinajstić information content (AvgIpc) is 3.19. The number of methoxy groups -OCH3 is 1. The van der Waals surface area contributed by atoms with Crippen LogP contribution in [0.4, 0.5) is 0 Å². The maximum atomic E-state index is 13.8. The minimum Gasteiger partial charge on any atom is -0.497 e. The summed E-state index contributed by atoms with van der Waals surface area (Å²) in [5, 5.41) is 0.778. The Morgan fingerprint density at radius 3 is 2.54 bits per heavy atom. The van der Waals surface area contributed by atoms with Crippen molar-refractivity contribution in [1.82, 2.24) is 4.90 Å². The van der Waals surface area contributed by atoms with Gasteiger partial charge in [-0.25, -0.2) is 0 Å². The number of amides is 1. The number of hydrogen-bond acceptors (Lipinski definition) is 5. The molecule has 5 rings (SSSR count). The number of benzene rings is 3. The summed E-state index contributed by atoms with van der Waals surface area (Å²) in [6, 6.07) is 19.3. The zero-order valence-electron chi connectivity index (χ0n) is 20.8. The van der Waals surface area contributed by atoms with Crippen molar-refractivity contribution in [3.05, 3.63) is 104 Å². The molecule has 0 saturated carbocycles. The number of rotatable bonds is 9. The molecule has 2 heterocycles. The first-order valence-corrected chi connectivity index (χ1v) is 12.8. The summed E-state index contributed by atoms with van der Waals surface area (Å²) < 4.78 is 17.3. The fraction of sp³-hybridized carbons (Fsp3) is 0.267. The SMILES string of the molecule is CCCCCOc1cccc(C2c3c(oc4ccc(Cl)cc4c3=O)C(=O)N2Cc2ccc(OC)cc2)c1. The Morgan fingerprint density at radius 1 is 0.973 bits per heavy atom. The van der Waals surface area contributed by atoms with E-state index in [0.29, 0.717) is 33.9 Å². The highest BCUT2D eigenvalue weighted by Crippen LogP contribution is 2.40. The van der Waals surface area contributed by atoms with Crippen LogP contribution in [-0.2, 0) is 6.54 Å². The van der Waals surface area contributed by atoms with E-state index in [0.717, 1.165) is 36.1 Å². The molecular formula is C30H28ClNO5. The van der Waals surface area contributed by atoms with E-state index in [2.05, 4.69) is 6.92 Å². The first kappa shape index (κ1) is 24.9. The Kier molecular flexibility index (Phi) is 7.19. The molecule has 0 saturated heterocycles. The first-order valence-electron chi connectivity index (χ1n) is 12.4. The molecule has 1 atom stereocenters. The Labute approximate surface area is 220 Å². The van der Waals surface area contributed by atoms with Crippen molar-refractivity contribution in [2.45, 2.75) is 38.8 Å². The fourth-order valence-corrected chi connectivity index (χ4v) is 4.92. The number of fused-ring (bicyclic) bond motifs is 2. The summed E-state index contributed by atoms with van der Waals surface area (Å²) in [5.74, 6) is 1.16. The highest BCUT2D eigenvalue weighted by Gasteiger charge is 2.42. The summed E-state index contributed by atoms with van der Waals surface area (Å²) in [7, 11) is 1.61. The zero-order chi connectivity index (χ0) is 25.9. The maximum absolute atomic E-state index is 13.8. The van der Waals surface area contributed by atoms with E-state index in [1.54, 1.807) is 30.2 Å². The second-order valence-electron chi connectivity index (χ2n) is 9.13. The van der Waals surface area contributed by atoms with Crippen LogP contribution in [-0.4, -0.2) is 24.5 Å². The highest BCUT2D eigenvalue weighted by atomic mass is 35.5. The van der Waals surface area contributed by atoms with Gasteiger partial charge < -0.3 is 18.8 Å². The molecule has 0 N–H and O–H groups in total. The third kappa shape index (κ3) is 4.94. The van der Waals surface area contributed by atoms with Crippen LogP contribution in [0.5, 0.6) is 11.5 Å². The van der Waals surface area contributed by atoms with Crippen molar-refractivity contribution < 1.29 is 18.7 Å². The summed E-state index contributed by atoms with van der Waals surface area (Å²) >= 11 is 6.19. The van der Waals surface area contributed by atoms with Gasteiger partial charge in [0.2, 0.25) is 5.76 Å². The van der Waals surface area contributed by atoms with Crippen molar-refractivity contribution in [1.29, 1.82) is 0 Å². The van der Waals surface area contributed by atoms with Gasteiger partial charge >= 0.3 is 0 Å². The van der Waals surface area contributed by atoms with Crippen molar-refractivity contribution >= 4 is 28.5 Å². The molecule has 1 aromatic heterocycles. The van der Waals surface area contributed by atoms with Gasteiger partial charge in [-0.3, -0.25) is 9.59 Å². The summed E-state index contributed by atoms with van der Waals surface area (Å²) in [5.41, 5.74) is 2.07.